The summed E-state index contributed by atoms with van der Waals surface area (Å²) >= 11 is 0. The normalized spacial score (nSPS) is 12.5. The fraction of sp³-hybridized carbons (Fsp3) is 0.0625. The molecule has 8 nitrogen and oxygen atoms in total. The van der Waals surface area contributed by atoms with E-state index >= 15 is 0 Å². The smallest absolute Gasteiger partial charge is 0.353 e. The molecule has 120 valence electrons. The first-order valence-corrected chi connectivity index (χ1v) is 6.89. The van der Waals surface area contributed by atoms with E-state index in [9.17, 15) is 20.0 Å². The number of hydrogen-bond acceptors (Lipinski definition) is 7. The van der Waals surface area contributed by atoms with Gasteiger partial charge in [-0.15, -0.1) is 0 Å². The Hall–Kier alpha value is -3.55. The van der Waals surface area contributed by atoms with E-state index in [0.717, 1.165) is 6.07 Å². The van der Waals surface area contributed by atoms with E-state index in [0.29, 0.717) is 17.1 Å². The molecule has 0 atom stereocenters. The minimum atomic E-state index is -0.788. The molecule has 4 rings (SSSR count). The topological polar surface area (TPSA) is 112 Å². The summed E-state index contributed by atoms with van der Waals surface area (Å²) in [6, 6.07) is 8.53. The Morgan fingerprint density at radius 3 is 2.67 bits per heavy atom. The third kappa shape index (κ3) is 2.04. The van der Waals surface area contributed by atoms with Crippen molar-refractivity contribution in [2.45, 2.75) is 0 Å². The Labute approximate surface area is 133 Å². The molecule has 0 bridgehead atoms. The molecule has 1 N–H and O–H groups in total. The largest absolute Gasteiger partial charge is 0.502 e. The number of hydrogen-bond donors (Lipinski definition) is 1. The number of rotatable bonds is 2. The van der Waals surface area contributed by atoms with Crippen molar-refractivity contribution in [3.05, 3.63) is 56.7 Å². The third-order valence-electron chi connectivity index (χ3n) is 3.69. The van der Waals surface area contributed by atoms with Crippen molar-refractivity contribution in [3.8, 4) is 28.6 Å². The number of ether oxygens (including phenoxy) is 2. The van der Waals surface area contributed by atoms with E-state index in [1.54, 1.807) is 18.2 Å². The quantitative estimate of drug-likeness (QED) is 0.569. The molecular weight excluding hydrogens is 318 g/mol. The summed E-state index contributed by atoms with van der Waals surface area (Å²) in [4.78, 5) is 22.7. The van der Waals surface area contributed by atoms with E-state index in [4.69, 9.17) is 13.9 Å². The summed E-state index contributed by atoms with van der Waals surface area (Å²) in [5, 5.41) is 20.9. The molecule has 0 unspecified atom stereocenters. The van der Waals surface area contributed by atoms with E-state index in [1.807, 2.05) is 0 Å². The summed E-state index contributed by atoms with van der Waals surface area (Å²) in [5.41, 5.74) is -0.879. The number of fused-ring (bicyclic) bond motifs is 2. The zero-order valence-electron chi connectivity index (χ0n) is 12.0. The highest BCUT2D eigenvalue weighted by Gasteiger charge is 2.23. The van der Waals surface area contributed by atoms with Crippen LogP contribution in [0.25, 0.3) is 22.3 Å². The molecule has 1 aromatic heterocycles. The second kappa shape index (κ2) is 4.98. The highest BCUT2D eigenvalue weighted by molar-refractivity contribution is 5.89. The van der Waals surface area contributed by atoms with Gasteiger partial charge in [0.2, 0.25) is 12.4 Å². The van der Waals surface area contributed by atoms with Crippen LogP contribution in [-0.2, 0) is 0 Å². The molecule has 0 amide bonds. The van der Waals surface area contributed by atoms with Gasteiger partial charge in [0, 0.05) is 11.6 Å². The van der Waals surface area contributed by atoms with Crippen molar-refractivity contribution in [2.24, 2.45) is 0 Å². The fourth-order valence-electron chi connectivity index (χ4n) is 2.56. The van der Waals surface area contributed by atoms with Gasteiger partial charge in [0.1, 0.15) is 5.76 Å². The molecule has 0 fully saturated rings. The van der Waals surface area contributed by atoms with Gasteiger partial charge in [-0.2, -0.15) is 0 Å². The number of aromatic hydroxyl groups is 1. The van der Waals surface area contributed by atoms with E-state index in [1.165, 1.54) is 12.1 Å². The predicted molar refractivity (Wildman–Crippen MR) is 82.4 cm³/mol. The van der Waals surface area contributed by atoms with Crippen molar-refractivity contribution in [2.75, 3.05) is 6.79 Å². The molecule has 1 aliphatic heterocycles. The van der Waals surface area contributed by atoms with E-state index in [2.05, 4.69) is 0 Å². The second-order valence-electron chi connectivity index (χ2n) is 5.11. The maximum absolute atomic E-state index is 12.3. The van der Waals surface area contributed by atoms with Gasteiger partial charge in [-0.3, -0.25) is 14.9 Å². The summed E-state index contributed by atoms with van der Waals surface area (Å²) in [7, 11) is 0. The minimum absolute atomic E-state index is 0.0176. The lowest BCUT2D eigenvalue weighted by atomic mass is 10.1. The lowest BCUT2D eigenvalue weighted by Crippen LogP contribution is -2.02. The molecule has 0 saturated heterocycles. The van der Waals surface area contributed by atoms with Gasteiger partial charge >= 0.3 is 5.69 Å². The molecule has 2 heterocycles. The lowest BCUT2D eigenvalue weighted by molar-refractivity contribution is -0.384. The average molecular weight is 327 g/mol. The maximum Gasteiger partial charge on any atom is 0.353 e. The van der Waals surface area contributed by atoms with Crippen LogP contribution in [0.4, 0.5) is 5.69 Å². The first-order valence-electron chi connectivity index (χ1n) is 6.89. The number of nitrogens with zero attached hydrogens (tertiary/aromatic N) is 1. The molecular formula is C16H9NO7. The lowest BCUT2D eigenvalue weighted by Gasteiger charge is -2.05. The first kappa shape index (κ1) is 14.1. The zero-order valence-corrected chi connectivity index (χ0v) is 12.0. The van der Waals surface area contributed by atoms with Gasteiger partial charge in [-0.25, -0.2) is 0 Å². The van der Waals surface area contributed by atoms with Crippen LogP contribution >= 0.6 is 0 Å². The Morgan fingerprint density at radius 1 is 1.08 bits per heavy atom. The Kier molecular flexibility index (Phi) is 2.92. The summed E-state index contributed by atoms with van der Waals surface area (Å²) in [6.07, 6.45) is 0. The van der Waals surface area contributed by atoms with Gasteiger partial charge < -0.3 is 19.0 Å². The Morgan fingerprint density at radius 2 is 1.88 bits per heavy atom. The third-order valence-corrected chi connectivity index (χ3v) is 3.69. The monoisotopic (exact) mass is 327 g/mol. The highest BCUT2D eigenvalue weighted by Crippen LogP contribution is 2.38. The van der Waals surface area contributed by atoms with Crippen LogP contribution in [-0.4, -0.2) is 16.8 Å². The van der Waals surface area contributed by atoms with Crippen LogP contribution < -0.4 is 14.9 Å². The average Bonchev–Trinajstić information content (AvgIpc) is 3.01. The van der Waals surface area contributed by atoms with Crippen LogP contribution in [0.15, 0.2) is 45.6 Å². The first-order chi connectivity index (χ1) is 11.5. The van der Waals surface area contributed by atoms with Crippen LogP contribution in [0, 0.1) is 10.1 Å². The molecule has 24 heavy (non-hydrogen) atoms. The molecule has 1 aliphatic rings. The van der Waals surface area contributed by atoms with Gasteiger partial charge in [0.25, 0.3) is 0 Å². The van der Waals surface area contributed by atoms with Crippen molar-refractivity contribution < 1.29 is 23.9 Å². The fourth-order valence-corrected chi connectivity index (χ4v) is 2.56. The van der Waals surface area contributed by atoms with Crippen LogP contribution in [0.1, 0.15) is 0 Å². The second-order valence-corrected chi connectivity index (χ2v) is 5.11. The Bertz CT molecular complexity index is 1050. The summed E-state index contributed by atoms with van der Waals surface area (Å²) in [5.74, 6) is 0.601. The number of phenols is 1. The van der Waals surface area contributed by atoms with Crippen LogP contribution in [0.3, 0.4) is 0 Å². The number of phenolic OH excluding ortho intramolecular Hbond substituents is 1. The molecule has 0 radical (unpaired) electrons. The van der Waals surface area contributed by atoms with E-state index in [-0.39, 0.29) is 23.5 Å². The molecule has 0 spiro atoms. The summed E-state index contributed by atoms with van der Waals surface area (Å²) in [6.45, 7) is 0.0970. The van der Waals surface area contributed by atoms with Crippen molar-refractivity contribution in [1.29, 1.82) is 0 Å². The minimum Gasteiger partial charge on any atom is -0.502 e. The highest BCUT2D eigenvalue weighted by atomic mass is 16.7. The van der Waals surface area contributed by atoms with Gasteiger partial charge in [-0.05, 0) is 30.3 Å². The molecule has 0 saturated carbocycles. The predicted octanol–water partition coefficient (Wildman–Crippen LogP) is 2.80. The van der Waals surface area contributed by atoms with E-state index < -0.39 is 21.8 Å². The molecule has 0 aliphatic carbocycles. The van der Waals surface area contributed by atoms with Crippen molar-refractivity contribution >= 4 is 16.7 Å². The van der Waals surface area contributed by atoms with Gasteiger partial charge in [0.05, 0.1) is 10.3 Å². The Balaban J connectivity index is 1.99. The zero-order chi connectivity index (χ0) is 16.8. The number of nitro benzene ring substituents is 1. The van der Waals surface area contributed by atoms with Gasteiger partial charge in [0.15, 0.2) is 22.7 Å². The van der Waals surface area contributed by atoms with Gasteiger partial charge in [-0.1, -0.05) is 0 Å². The van der Waals surface area contributed by atoms with Crippen molar-refractivity contribution in [1.82, 2.24) is 0 Å². The maximum atomic E-state index is 12.3. The molecule has 8 heteroatoms. The number of nitro groups is 1. The standard InChI is InChI=1S/C16H9NO7/c18-10-3-2-9-11(19)6-13(24-16(9)15(10)17(20)21)8-1-4-12-14(5-8)23-7-22-12/h1-6,18H,7H2. The SMILES string of the molecule is O=c1cc(-c2ccc3c(c2)OCO3)oc2c([N+](=O)[O-])c(O)ccc12. The van der Waals surface area contributed by atoms with Crippen LogP contribution in [0.2, 0.25) is 0 Å². The molecule has 2 aromatic carbocycles. The number of benzene rings is 2. The summed E-state index contributed by atoms with van der Waals surface area (Å²) < 4.78 is 16.0. The molecule has 3 aromatic rings. The van der Waals surface area contributed by atoms with Crippen LogP contribution in [0.5, 0.6) is 17.2 Å². The van der Waals surface area contributed by atoms with Crippen molar-refractivity contribution in [3.63, 3.8) is 0 Å².